The second-order valence-electron chi connectivity index (χ2n) is 4.16. The molecule has 18 heavy (non-hydrogen) atoms. The van der Waals surface area contributed by atoms with Crippen molar-refractivity contribution in [2.75, 3.05) is 5.73 Å². The van der Waals surface area contributed by atoms with Gasteiger partial charge in [0.15, 0.2) is 5.65 Å². The van der Waals surface area contributed by atoms with Crippen LogP contribution < -0.4 is 5.73 Å². The van der Waals surface area contributed by atoms with Gasteiger partial charge in [0.1, 0.15) is 5.82 Å². The fourth-order valence-electron chi connectivity index (χ4n) is 1.91. The normalized spacial score (nSPS) is 10.9. The Morgan fingerprint density at radius 2 is 1.89 bits per heavy atom. The van der Waals surface area contributed by atoms with Crippen molar-refractivity contribution < 1.29 is 0 Å². The maximum atomic E-state index is 5.66. The van der Waals surface area contributed by atoms with Gasteiger partial charge in [-0.1, -0.05) is 12.1 Å². The Hall–Kier alpha value is -2.43. The number of benzene rings is 1. The van der Waals surface area contributed by atoms with Crippen molar-refractivity contribution >= 4 is 11.3 Å². The van der Waals surface area contributed by atoms with Gasteiger partial charge in [-0.2, -0.15) is 0 Å². The molecule has 0 amide bonds. The molecule has 90 valence electrons. The van der Waals surface area contributed by atoms with E-state index in [1.54, 1.807) is 12.4 Å². The highest BCUT2D eigenvalue weighted by molar-refractivity contribution is 5.39. The number of hydrogen-bond donors (Lipinski definition) is 1. The van der Waals surface area contributed by atoms with E-state index in [-0.39, 0.29) is 0 Å². The Morgan fingerprint density at radius 3 is 2.72 bits per heavy atom. The van der Waals surface area contributed by atoms with Crippen molar-refractivity contribution in [1.29, 1.82) is 0 Å². The minimum atomic E-state index is 0.782. The lowest BCUT2D eigenvalue weighted by Gasteiger charge is -2.01. The van der Waals surface area contributed by atoms with E-state index in [1.165, 1.54) is 5.56 Å². The molecule has 2 heterocycles. The van der Waals surface area contributed by atoms with Gasteiger partial charge in [-0.05, 0) is 24.1 Å². The fourth-order valence-corrected chi connectivity index (χ4v) is 1.91. The van der Waals surface area contributed by atoms with Gasteiger partial charge in [0, 0.05) is 24.5 Å². The number of nitrogens with zero attached hydrogens (tertiary/aromatic N) is 4. The highest BCUT2D eigenvalue weighted by Crippen LogP contribution is 2.09. The molecule has 0 radical (unpaired) electrons. The second-order valence-corrected chi connectivity index (χ2v) is 4.16. The van der Waals surface area contributed by atoms with E-state index in [0.717, 1.165) is 30.0 Å². The van der Waals surface area contributed by atoms with Crippen molar-refractivity contribution in [3.8, 4) is 0 Å². The third-order valence-electron chi connectivity index (χ3n) is 2.90. The zero-order chi connectivity index (χ0) is 12.4. The molecule has 0 unspecified atom stereocenters. The Labute approximate surface area is 104 Å². The lowest BCUT2D eigenvalue weighted by Crippen LogP contribution is -1.98. The van der Waals surface area contributed by atoms with Crippen LogP contribution in [0, 0.1) is 0 Å². The quantitative estimate of drug-likeness (QED) is 0.703. The van der Waals surface area contributed by atoms with Crippen LogP contribution in [-0.4, -0.2) is 19.6 Å². The van der Waals surface area contributed by atoms with E-state index in [1.807, 2.05) is 34.9 Å². The topological polar surface area (TPSA) is 69.1 Å². The van der Waals surface area contributed by atoms with Crippen molar-refractivity contribution in [1.82, 2.24) is 19.6 Å². The lowest BCUT2D eigenvalue weighted by atomic mass is 10.1. The monoisotopic (exact) mass is 239 g/mol. The van der Waals surface area contributed by atoms with Gasteiger partial charge in [-0.15, -0.1) is 10.2 Å². The molecule has 0 saturated carbocycles. The Kier molecular flexibility index (Phi) is 2.64. The number of anilines is 1. The minimum absolute atomic E-state index is 0.782. The maximum Gasteiger partial charge on any atom is 0.179 e. The molecule has 0 bridgehead atoms. The summed E-state index contributed by atoms with van der Waals surface area (Å²) in [5.74, 6) is 0.948. The average Bonchev–Trinajstić information content (AvgIpc) is 2.82. The average molecular weight is 239 g/mol. The first-order valence-corrected chi connectivity index (χ1v) is 5.81. The molecular weight excluding hydrogens is 226 g/mol. The lowest BCUT2D eigenvalue weighted by molar-refractivity contribution is 0.837. The number of nitrogens with two attached hydrogens (primary N) is 1. The van der Waals surface area contributed by atoms with Crippen LogP contribution in [0.15, 0.2) is 42.9 Å². The summed E-state index contributed by atoms with van der Waals surface area (Å²) in [4.78, 5) is 4.02. The minimum Gasteiger partial charge on any atom is -0.399 e. The fraction of sp³-hybridized carbons (Fsp3) is 0.154. The summed E-state index contributed by atoms with van der Waals surface area (Å²) in [6, 6.07) is 7.92. The summed E-state index contributed by atoms with van der Waals surface area (Å²) in [6.07, 6.45) is 7.09. The molecule has 0 aliphatic heterocycles. The highest BCUT2D eigenvalue weighted by atomic mass is 15.2. The maximum absolute atomic E-state index is 5.66. The van der Waals surface area contributed by atoms with E-state index in [0.29, 0.717) is 0 Å². The van der Waals surface area contributed by atoms with E-state index < -0.39 is 0 Å². The van der Waals surface area contributed by atoms with E-state index >= 15 is 0 Å². The Balaban J connectivity index is 1.79. The number of aromatic nitrogens is 4. The van der Waals surface area contributed by atoms with Gasteiger partial charge in [0.05, 0.1) is 6.20 Å². The highest BCUT2D eigenvalue weighted by Gasteiger charge is 2.04. The molecule has 3 aromatic rings. The summed E-state index contributed by atoms with van der Waals surface area (Å²) in [7, 11) is 0. The van der Waals surface area contributed by atoms with Crippen molar-refractivity contribution in [2.24, 2.45) is 0 Å². The van der Waals surface area contributed by atoms with Gasteiger partial charge < -0.3 is 5.73 Å². The third kappa shape index (κ3) is 2.02. The smallest absolute Gasteiger partial charge is 0.179 e. The molecule has 0 spiro atoms. The zero-order valence-corrected chi connectivity index (χ0v) is 9.82. The summed E-state index contributed by atoms with van der Waals surface area (Å²) in [6.45, 7) is 0. The summed E-state index contributed by atoms with van der Waals surface area (Å²) >= 11 is 0. The molecule has 2 N–H and O–H groups in total. The molecule has 5 nitrogen and oxygen atoms in total. The van der Waals surface area contributed by atoms with Gasteiger partial charge in [0.2, 0.25) is 0 Å². The summed E-state index contributed by atoms with van der Waals surface area (Å²) in [5, 5.41) is 8.25. The largest absolute Gasteiger partial charge is 0.399 e. The van der Waals surface area contributed by atoms with E-state index in [2.05, 4.69) is 15.2 Å². The predicted octanol–water partition coefficient (Wildman–Crippen LogP) is 1.49. The van der Waals surface area contributed by atoms with Crippen LogP contribution in [0.1, 0.15) is 11.4 Å². The van der Waals surface area contributed by atoms with Crippen LogP contribution in [0.3, 0.4) is 0 Å². The molecule has 5 heteroatoms. The SMILES string of the molecule is Nc1ccc(CCc2nnc3cnccn23)cc1. The number of fused-ring (bicyclic) bond motifs is 1. The van der Waals surface area contributed by atoms with Crippen LogP contribution in [0.2, 0.25) is 0 Å². The Morgan fingerprint density at radius 1 is 1.06 bits per heavy atom. The molecule has 1 aromatic carbocycles. The van der Waals surface area contributed by atoms with Crippen LogP contribution in [0.5, 0.6) is 0 Å². The molecule has 0 aliphatic rings. The molecule has 0 fully saturated rings. The van der Waals surface area contributed by atoms with Crippen molar-refractivity contribution in [3.63, 3.8) is 0 Å². The van der Waals surface area contributed by atoms with Gasteiger partial charge in [-0.25, -0.2) is 0 Å². The van der Waals surface area contributed by atoms with Crippen LogP contribution in [0.25, 0.3) is 5.65 Å². The summed E-state index contributed by atoms with van der Waals surface area (Å²) in [5.41, 5.74) is 8.48. The molecule has 0 aliphatic carbocycles. The van der Waals surface area contributed by atoms with Gasteiger partial charge >= 0.3 is 0 Å². The molecule has 2 aromatic heterocycles. The van der Waals surface area contributed by atoms with Crippen LogP contribution in [0.4, 0.5) is 5.69 Å². The first-order valence-electron chi connectivity index (χ1n) is 5.81. The number of hydrogen-bond acceptors (Lipinski definition) is 4. The van der Waals surface area contributed by atoms with Crippen molar-refractivity contribution in [2.45, 2.75) is 12.8 Å². The van der Waals surface area contributed by atoms with E-state index in [4.69, 9.17) is 5.73 Å². The zero-order valence-electron chi connectivity index (χ0n) is 9.82. The third-order valence-corrected chi connectivity index (χ3v) is 2.90. The first kappa shape index (κ1) is 10.7. The van der Waals surface area contributed by atoms with Crippen LogP contribution in [-0.2, 0) is 12.8 Å². The van der Waals surface area contributed by atoms with E-state index in [9.17, 15) is 0 Å². The van der Waals surface area contributed by atoms with Gasteiger partial charge in [0.25, 0.3) is 0 Å². The van der Waals surface area contributed by atoms with Gasteiger partial charge in [-0.3, -0.25) is 9.38 Å². The predicted molar refractivity (Wildman–Crippen MR) is 69.0 cm³/mol. The molecule has 3 rings (SSSR count). The molecular formula is C13H13N5. The number of rotatable bonds is 3. The summed E-state index contributed by atoms with van der Waals surface area (Å²) < 4.78 is 1.96. The Bertz CT molecular complexity index is 656. The standard InChI is InChI=1S/C13H13N5/c14-11-4-1-10(2-5-11)3-6-12-16-17-13-9-15-7-8-18(12)13/h1-2,4-5,7-9H,3,6,14H2. The molecule has 0 atom stereocenters. The van der Waals surface area contributed by atoms with Crippen molar-refractivity contribution in [3.05, 3.63) is 54.2 Å². The number of nitrogen functional groups attached to an aromatic ring is 1. The molecule has 0 saturated heterocycles. The number of aryl methyl sites for hydroxylation is 2. The van der Waals surface area contributed by atoms with Crippen LogP contribution >= 0.6 is 0 Å². The first-order chi connectivity index (χ1) is 8.83. The second kappa shape index (κ2) is 4.44.